The van der Waals surface area contributed by atoms with Crippen LogP contribution in [0.1, 0.15) is 24.0 Å². The first-order chi connectivity index (χ1) is 8.17. The van der Waals surface area contributed by atoms with E-state index in [-0.39, 0.29) is 0 Å². The van der Waals surface area contributed by atoms with Gasteiger partial charge in [-0.05, 0) is 47.4 Å². The Hall–Kier alpha value is -1.54. The Bertz CT molecular complexity index is 534. The third-order valence-corrected chi connectivity index (χ3v) is 3.41. The van der Waals surface area contributed by atoms with Crippen LogP contribution in [0.5, 0.6) is 5.75 Å². The van der Waals surface area contributed by atoms with Crippen molar-refractivity contribution in [3.63, 3.8) is 0 Å². The van der Waals surface area contributed by atoms with E-state index in [4.69, 9.17) is 10.5 Å². The van der Waals surface area contributed by atoms with Gasteiger partial charge in [0, 0.05) is 0 Å². The Morgan fingerprint density at radius 1 is 1.24 bits per heavy atom. The number of hydrogen-bond donors (Lipinski definition) is 1. The number of aryl methyl sites for hydroxylation is 1. The van der Waals surface area contributed by atoms with Crippen molar-refractivity contribution in [2.45, 2.75) is 19.8 Å². The van der Waals surface area contributed by atoms with Crippen LogP contribution < -0.4 is 10.5 Å². The number of hydrogen-bond acceptors (Lipinski definition) is 2. The zero-order chi connectivity index (χ0) is 12.4. The lowest BCUT2D eigenvalue weighted by molar-refractivity contribution is 0.412. The fraction of sp³-hybridized carbons (Fsp3) is 0.333. The highest BCUT2D eigenvalue weighted by molar-refractivity contribution is 5.88. The molecule has 0 heterocycles. The molecule has 2 aromatic carbocycles. The molecule has 0 aliphatic carbocycles. The van der Waals surface area contributed by atoms with Crippen LogP contribution in [0.3, 0.4) is 0 Å². The standard InChI is InChI=1S/C15H19NO/c1-10(9-16)12-4-6-14-11(2)15(17-3)7-5-13(14)8-12/h4-8,10H,9,16H2,1-3H3. The van der Waals surface area contributed by atoms with E-state index in [2.05, 4.69) is 38.1 Å². The molecule has 0 saturated heterocycles. The fourth-order valence-electron chi connectivity index (χ4n) is 2.15. The Balaban J connectivity index is 2.57. The summed E-state index contributed by atoms with van der Waals surface area (Å²) in [6, 6.07) is 10.7. The number of benzene rings is 2. The number of rotatable bonds is 3. The van der Waals surface area contributed by atoms with E-state index in [1.54, 1.807) is 7.11 Å². The highest BCUT2D eigenvalue weighted by atomic mass is 16.5. The second-order valence-electron chi connectivity index (χ2n) is 4.51. The van der Waals surface area contributed by atoms with E-state index in [0.29, 0.717) is 12.5 Å². The van der Waals surface area contributed by atoms with Crippen LogP contribution in [-0.2, 0) is 0 Å². The predicted octanol–water partition coefficient (Wildman–Crippen LogP) is 3.22. The van der Waals surface area contributed by atoms with E-state index < -0.39 is 0 Å². The maximum atomic E-state index is 5.70. The lowest BCUT2D eigenvalue weighted by atomic mass is 9.96. The second kappa shape index (κ2) is 4.76. The van der Waals surface area contributed by atoms with Crippen LogP contribution in [0.2, 0.25) is 0 Å². The highest BCUT2D eigenvalue weighted by Gasteiger charge is 2.07. The minimum atomic E-state index is 0.404. The molecule has 17 heavy (non-hydrogen) atoms. The van der Waals surface area contributed by atoms with Crippen molar-refractivity contribution in [3.8, 4) is 5.75 Å². The summed E-state index contributed by atoms with van der Waals surface area (Å²) in [6.07, 6.45) is 0. The summed E-state index contributed by atoms with van der Waals surface area (Å²) in [5.74, 6) is 1.35. The molecule has 1 atom stereocenters. The average molecular weight is 229 g/mol. The molecular weight excluding hydrogens is 210 g/mol. The molecular formula is C15H19NO. The molecule has 0 aliphatic rings. The van der Waals surface area contributed by atoms with Crippen LogP contribution in [0.4, 0.5) is 0 Å². The normalized spacial score (nSPS) is 12.7. The van der Waals surface area contributed by atoms with E-state index in [1.165, 1.54) is 21.9 Å². The van der Waals surface area contributed by atoms with Crippen molar-refractivity contribution in [2.24, 2.45) is 5.73 Å². The van der Waals surface area contributed by atoms with Crippen molar-refractivity contribution in [1.29, 1.82) is 0 Å². The Labute approximate surface area is 102 Å². The van der Waals surface area contributed by atoms with E-state index in [9.17, 15) is 0 Å². The molecule has 2 heteroatoms. The Morgan fingerprint density at radius 3 is 2.65 bits per heavy atom. The zero-order valence-electron chi connectivity index (χ0n) is 10.7. The lowest BCUT2D eigenvalue weighted by Crippen LogP contribution is -2.08. The Kier molecular flexibility index (Phi) is 3.34. The van der Waals surface area contributed by atoms with Crippen molar-refractivity contribution >= 4 is 10.8 Å². The van der Waals surface area contributed by atoms with Gasteiger partial charge < -0.3 is 10.5 Å². The van der Waals surface area contributed by atoms with Crippen molar-refractivity contribution in [3.05, 3.63) is 41.5 Å². The van der Waals surface area contributed by atoms with Crippen LogP contribution in [0, 0.1) is 6.92 Å². The van der Waals surface area contributed by atoms with Gasteiger partial charge in [-0.25, -0.2) is 0 Å². The summed E-state index contributed by atoms with van der Waals surface area (Å²) < 4.78 is 5.33. The minimum Gasteiger partial charge on any atom is -0.496 e. The van der Waals surface area contributed by atoms with Gasteiger partial charge in [-0.15, -0.1) is 0 Å². The van der Waals surface area contributed by atoms with Crippen molar-refractivity contribution in [1.82, 2.24) is 0 Å². The van der Waals surface area contributed by atoms with E-state index in [1.807, 2.05) is 6.07 Å². The van der Waals surface area contributed by atoms with Gasteiger partial charge in [-0.1, -0.05) is 31.2 Å². The number of ether oxygens (including phenoxy) is 1. The summed E-state index contributed by atoms with van der Waals surface area (Å²) in [4.78, 5) is 0. The summed E-state index contributed by atoms with van der Waals surface area (Å²) >= 11 is 0. The molecule has 0 spiro atoms. The molecule has 90 valence electrons. The van der Waals surface area contributed by atoms with Gasteiger partial charge in [-0.2, -0.15) is 0 Å². The van der Waals surface area contributed by atoms with Gasteiger partial charge in [0.15, 0.2) is 0 Å². The third-order valence-electron chi connectivity index (χ3n) is 3.41. The van der Waals surface area contributed by atoms with Gasteiger partial charge >= 0.3 is 0 Å². The maximum Gasteiger partial charge on any atom is 0.122 e. The first kappa shape index (κ1) is 11.9. The van der Waals surface area contributed by atoms with Crippen molar-refractivity contribution in [2.75, 3.05) is 13.7 Å². The SMILES string of the molecule is COc1ccc2cc(C(C)CN)ccc2c1C. The third kappa shape index (κ3) is 2.13. The topological polar surface area (TPSA) is 35.2 Å². The minimum absolute atomic E-state index is 0.404. The zero-order valence-corrected chi connectivity index (χ0v) is 10.7. The summed E-state index contributed by atoms with van der Waals surface area (Å²) in [5, 5.41) is 2.50. The van der Waals surface area contributed by atoms with E-state index >= 15 is 0 Å². The monoisotopic (exact) mass is 229 g/mol. The highest BCUT2D eigenvalue weighted by Crippen LogP contribution is 2.29. The summed E-state index contributed by atoms with van der Waals surface area (Å²) in [5.41, 5.74) is 8.19. The molecule has 2 aromatic rings. The second-order valence-corrected chi connectivity index (χ2v) is 4.51. The van der Waals surface area contributed by atoms with E-state index in [0.717, 1.165) is 5.75 Å². The van der Waals surface area contributed by atoms with Crippen LogP contribution in [0.25, 0.3) is 10.8 Å². The van der Waals surface area contributed by atoms with Gasteiger partial charge in [0.05, 0.1) is 7.11 Å². The molecule has 0 fully saturated rings. The van der Waals surface area contributed by atoms with Gasteiger partial charge in [0.1, 0.15) is 5.75 Å². The quantitative estimate of drug-likeness (QED) is 0.877. The summed E-state index contributed by atoms with van der Waals surface area (Å²) in [6.45, 7) is 4.92. The van der Waals surface area contributed by atoms with Crippen LogP contribution in [0.15, 0.2) is 30.3 Å². The summed E-state index contributed by atoms with van der Waals surface area (Å²) in [7, 11) is 1.71. The molecule has 2 nitrogen and oxygen atoms in total. The first-order valence-corrected chi connectivity index (χ1v) is 5.94. The lowest BCUT2D eigenvalue weighted by Gasteiger charge is -2.12. The molecule has 2 N–H and O–H groups in total. The van der Waals surface area contributed by atoms with Gasteiger partial charge in [0.25, 0.3) is 0 Å². The maximum absolute atomic E-state index is 5.70. The van der Waals surface area contributed by atoms with Crippen LogP contribution in [-0.4, -0.2) is 13.7 Å². The number of nitrogens with two attached hydrogens (primary N) is 1. The molecule has 0 amide bonds. The largest absolute Gasteiger partial charge is 0.496 e. The van der Waals surface area contributed by atoms with Crippen LogP contribution >= 0.6 is 0 Å². The smallest absolute Gasteiger partial charge is 0.122 e. The average Bonchev–Trinajstić information content (AvgIpc) is 2.38. The van der Waals surface area contributed by atoms with Gasteiger partial charge in [0.2, 0.25) is 0 Å². The fourth-order valence-corrected chi connectivity index (χ4v) is 2.15. The Morgan fingerprint density at radius 2 is 2.00 bits per heavy atom. The molecule has 0 aliphatic heterocycles. The number of fused-ring (bicyclic) bond motifs is 1. The predicted molar refractivity (Wildman–Crippen MR) is 72.7 cm³/mol. The van der Waals surface area contributed by atoms with Gasteiger partial charge in [-0.3, -0.25) is 0 Å². The molecule has 0 saturated carbocycles. The molecule has 0 bridgehead atoms. The molecule has 0 radical (unpaired) electrons. The molecule has 1 unspecified atom stereocenters. The first-order valence-electron chi connectivity index (χ1n) is 5.94. The van der Waals surface area contributed by atoms with Crippen molar-refractivity contribution < 1.29 is 4.74 Å². The number of methoxy groups -OCH3 is 1. The molecule has 0 aromatic heterocycles. The molecule has 2 rings (SSSR count).